The van der Waals surface area contributed by atoms with Crippen LogP contribution < -0.4 is 21.0 Å². The van der Waals surface area contributed by atoms with Crippen molar-refractivity contribution in [3.63, 3.8) is 0 Å². The van der Waals surface area contributed by atoms with Gasteiger partial charge in [0.05, 0.1) is 6.20 Å². The molecule has 1 fully saturated rings. The summed E-state index contributed by atoms with van der Waals surface area (Å²) in [7, 11) is 0. The fourth-order valence-corrected chi connectivity index (χ4v) is 6.63. The number of nitrogens with zero attached hydrogens (tertiary/aromatic N) is 5. The molecule has 5 heterocycles. The lowest BCUT2D eigenvalue weighted by molar-refractivity contribution is -0.689. The number of β-lactam (4-membered cyclic amide) rings is 1. The highest BCUT2D eigenvalue weighted by molar-refractivity contribution is 8.00. The summed E-state index contributed by atoms with van der Waals surface area (Å²) in [6.45, 7) is 3.72. The molecule has 0 bridgehead atoms. The summed E-state index contributed by atoms with van der Waals surface area (Å²) in [4.78, 5) is 62.0. The van der Waals surface area contributed by atoms with Gasteiger partial charge in [-0.05, 0) is 5.92 Å². The van der Waals surface area contributed by atoms with E-state index in [2.05, 4.69) is 15.5 Å². The smallest absolute Gasteiger partial charge is 0.352 e. The number of carboxylic acid groups (broad SMARTS) is 1. The number of aromatic hydroxyl groups is 1. The van der Waals surface area contributed by atoms with Crippen LogP contribution >= 0.6 is 23.1 Å². The molecular weight excluding hydrogens is 614 g/mol. The number of aromatic nitrogens is 3. The zero-order valence-corrected chi connectivity index (χ0v) is 25.0. The second-order valence-electron chi connectivity index (χ2n) is 10.2. The molecule has 0 spiro atoms. The SMILES string of the molecule is CC(C)C(O/N=C(\C(=O)N[C@@H]1C(=O)N2C(C(=O)O)=C(C[n+]3ccccc3)CS[C@H]12)c1csc(N)n1)c1cc(=O)c(O)cn1O. The Morgan fingerprint density at radius 3 is 2.64 bits per heavy atom. The highest BCUT2D eigenvalue weighted by Crippen LogP contribution is 2.40. The van der Waals surface area contributed by atoms with Crippen molar-refractivity contribution in [3.8, 4) is 5.75 Å². The van der Waals surface area contributed by atoms with Crippen LogP contribution in [-0.2, 0) is 25.8 Å². The third-order valence-electron chi connectivity index (χ3n) is 6.86. The van der Waals surface area contributed by atoms with Crippen molar-refractivity contribution >= 4 is 51.7 Å². The third-order valence-corrected chi connectivity index (χ3v) is 8.88. The molecular formula is C27H28N7O8S2+. The fourth-order valence-electron chi connectivity index (χ4n) is 4.74. The molecule has 2 amide bonds. The van der Waals surface area contributed by atoms with Crippen LogP contribution in [0.15, 0.2) is 69.5 Å². The minimum Gasteiger partial charge on any atom is -0.503 e. The van der Waals surface area contributed by atoms with Crippen LogP contribution in [0.2, 0.25) is 0 Å². The highest BCUT2D eigenvalue weighted by Gasteiger charge is 2.54. The Labute approximate surface area is 257 Å². The normalized spacial score (nSPS) is 18.9. The van der Waals surface area contributed by atoms with E-state index in [4.69, 9.17) is 10.6 Å². The fraction of sp³-hybridized carbons (Fsp3) is 0.296. The summed E-state index contributed by atoms with van der Waals surface area (Å²) in [5.74, 6) is -3.42. The number of carboxylic acids is 1. The number of carbonyl (C=O) groups excluding carboxylic acids is 2. The van der Waals surface area contributed by atoms with Crippen molar-refractivity contribution in [2.75, 3.05) is 11.5 Å². The van der Waals surface area contributed by atoms with Crippen molar-refractivity contribution in [2.24, 2.45) is 11.1 Å². The molecule has 5 rings (SSSR count). The zero-order valence-electron chi connectivity index (χ0n) is 23.4. The van der Waals surface area contributed by atoms with E-state index >= 15 is 0 Å². The van der Waals surface area contributed by atoms with Gasteiger partial charge in [0, 0.05) is 34.9 Å². The Morgan fingerprint density at radius 2 is 2.00 bits per heavy atom. The van der Waals surface area contributed by atoms with Gasteiger partial charge in [0.15, 0.2) is 41.6 Å². The Balaban J connectivity index is 1.39. The Morgan fingerprint density at radius 1 is 1.27 bits per heavy atom. The minimum atomic E-state index is -1.25. The molecule has 6 N–H and O–H groups in total. The van der Waals surface area contributed by atoms with Crippen molar-refractivity contribution < 1.29 is 39.2 Å². The Hall–Kier alpha value is -4.90. The number of nitrogens with two attached hydrogens (primary N) is 1. The van der Waals surface area contributed by atoms with Crippen LogP contribution in [0.5, 0.6) is 5.75 Å². The number of nitrogen functional groups attached to an aromatic ring is 1. The molecule has 3 aromatic heterocycles. The highest BCUT2D eigenvalue weighted by atomic mass is 32.2. The molecule has 1 unspecified atom stereocenters. The van der Waals surface area contributed by atoms with Gasteiger partial charge in [-0.15, -0.1) is 23.1 Å². The number of carbonyl (C=O) groups is 3. The van der Waals surface area contributed by atoms with E-state index in [0.717, 1.165) is 23.6 Å². The third kappa shape index (κ3) is 5.96. The Kier molecular flexibility index (Phi) is 8.59. The summed E-state index contributed by atoms with van der Waals surface area (Å²) >= 11 is 2.36. The quantitative estimate of drug-likeness (QED) is 0.0682. The molecule has 0 saturated carbocycles. The summed E-state index contributed by atoms with van der Waals surface area (Å²) in [5, 5.41) is 37.4. The number of oxime groups is 1. The predicted molar refractivity (Wildman–Crippen MR) is 158 cm³/mol. The first-order chi connectivity index (χ1) is 21.0. The van der Waals surface area contributed by atoms with Crippen LogP contribution in [-0.4, -0.2) is 70.7 Å². The number of pyridine rings is 2. The zero-order chi connectivity index (χ0) is 31.7. The second-order valence-corrected chi connectivity index (χ2v) is 12.2. The number of hydrogen-bond donors (Lipinski definition) is 5. The molecule has 44 heavy (non-hydrogen) atoms. The number of aliphatic carboxylic acids is 1. The predicted octanol–water partition coefficient (Wildman–Crippen LogP) is 0.674. The summed E-state index contributed by atoms with van der Waals surface area (Å²) in [6.07, 6.45) is 3.35. The average Bonchev–Trinajstić information content (AvgIpc) is 3.41. The Bertz CT molecular complexity index is 1740. The number of amides is 2. The molecule has 2 aliphatic rings. The number of nitrogens with one attached hydrogen (secondary N) is 1. The molecule has 0 aliphatic carbocycles. The van der Waals surface area contributed by atoms with Gasteiger partial charge in [-0.2, -0.15) is 4.73 Å². The number of hydrogen-bond acceptors (Lipinski definition) is 12. The van der Waals surface area contributed by atoms with Crippen LogP contribution in [0.4, 0.5) is 5.13 Å². The molecule has 2 aliphatic heterocycles. The summed E-state index contributed by atoms with van der Waals surface area (Å²) in [5.41, 5.74) is 5.14. The van der Waals surface area contributed by atoms with E-state index in [0.29, 0.717) is 16.1 Å². The molecule has 15 nitrogen and oxygen atoms in total. The number of thiazole rings is 1. The molecule has 0 aromatic carbocycles. The molecule has 3 atom stereocenters. The van der Waals surface area contributed by atoms with Crippen LogP contribution in [0, 0.1) is 5.92 Å². The lowest BCUT2D eigenvalue weighted by Gasteiger charge is -2.49. The van der Waals surface area contributed by atoms with Gasteiger partial charge in [-0.1, -0.05) is 25.1 Å². The van der Waals surface area contributed by atoms with Crippen molar-refractivity contribution in [1.29, 1.82) is 0 Å². The van der Waals surface area contributed by atoms with Crippen molar-refractivity contribution in [3.05, 3.63) is 81.1 Å². The largest absolute Gasteiger partial charge is 0.503 e. The van der Waals surface area contributed by atoms with Gasteiger partial charge in [-0.25, -0.2) is 14.3 Å². The van der Waals surface area contributed by atoms with Gasteiger partial charge >= 0.3 is 5.97 Å². The van der Waals surface area contributed by atoms with Crippen LogP contribution in [0.25, 0.3) is 0 Å². The molecule has 17 heteroatoms. The lowest BCUT2D eigenvalue weighted by atomic mass is 10.0. The number of anilines is 1. The first-order valence-electron chi connectivity index (χ1n) is 13.2. The first kappa shape index (κ1) is 30.6. The maximum atomic E-state index is 13.5. The molecule has 3 aromatic rings. The summed E-state index contributed by atoms with van der Waals surface area (Å²) < 4.78 is 2.33. The summed E-state index contributed by atoms with van der Waals surface area (Å²) in [6, 6.07) is 5.39. The number of rotatable bonds is 10. The van der Waals surface area contributed by atoms with E-state index in [1.165, 1.54) is 22.0 Å². The molecule has 230 valence electrons. The van der Waals surface area contributed by atoms with E-state index < -0.39 is 46.5 Å². The molecule has 1 saturated heterocycles. The first-order valence-corrected chi connectivity index (χ1v) is 15.1. The van der Waals surface area contributed by atoms with Crippen LogP contribution in [0.1, 0.15) is 31.3 Å². The van der Waals surface area contributed by atoms with Gasteiger partial charge in [0.2, 0.25) is 5.43 Å². The maximum Gasteiger partial charge on any atom is 0.352 e. The van der Waals surface area contributed by atoms with Crippen molar-refractivity contribution in [2.45, 2.75) is 37.9 Å². The monoisotopic (exact) mass is 642 g/mol. The standard InChI is InChI=1S/C27H27N7O8S2/c1-13(2)22(16-8-17(35)18(36)10-33(16)41)42-31-19(15-12-44-27(28)29-15)23(37)30-20-24(38)34-21(26(39)40)14(11-43-25(20)34)9-32-6-4-3-5-7-32/h3-8,10,12-13,20,22,25,41H,9,11H2,1-2H3,(H4-,28,29,30,36,37,39,40)/p+1/b31-19-/t20-,22?,25-/m1/s1. The minimum absolute atomic E-state index is 0.0371. The lowest BCUT2D eigenvalue weighted by Crippen LogP contribution is -2.71. The van der Waals surface area contributed by atoms with E-state index in [1.54, 1.807) is 26.2 Å². The van der Waals surface area contributed by atoms with E-state index in [9.17, 15) is 34.6 Å². The maximum absolute atomic E-state index is 13.5. The van der Waals surface area contributed by atoms with Gasteiger partial charge in [0.1, 0.15) is 28.5 Å². The number of fused-ring (bicyclic) bond motifs is 1. The van der Waals surface area contributed by atoms with Crippen LogP contribution in [0.3, 0.4) is 0 Å². The van der Waals surface area contributed by atoms with E-state index in [-0.39, 0.29) is 40.4 Å². The average molecular weight is 643 g/mol. The van der Waals surface area contributed by atoms with Gasteiger partial charge in [-0.3, -0.25) is 19.3 Å². The number of thioether (sulfide) groups is 1. The van der Waals surface area contributed by atoms with Gasteiger partial charge in [0.25, 0.3) is 11.8 Å². The van der Waals surface area contributed by atoms with Crippen molar-refractivity contribution in [1.82, 2.24) is 19.9 Å². The molecule has 0 radical (unpaired) electrons. The van der Waals surface area contributed by atoms with Gasteiger partial charge < -0.3 is 31.3 Å². The van der Waals surface area contributed by atoms with E-state index in [1.807, 2.05) is 22.8 Å². The second kappa shape index (κ2) is 12.4. The topological polar surface area (TPSA) is 214 Å².